The zero-order valence-electron chi connectivity index (χ0n) is 17.4. The topological polar surface area (TPSA) is 55.2 Å². The highest BCUT2D eigenvalue weighted by Crippen LogP contribution is 2.13. The number of thiol groups is 1. The van der Waals surface area contributed by atoms with Gasteiger partial charge in [0.15, 0.2) is 0 Å². The van der Waals surface area contributed by atoms with Gasteiger partial charge in [-0.1, -0.05) is 78.1 Å². The third kappa shape index (κ3) is 18.1. The maximum Gasteiger partial charge on any atom is 0.269 e. The van der Waals surface area contributed by atoms with Crippen LogP contribution in [0.1, 0.15) is 90.9 Å². The SMILES string of the molecule is CCCCCCCCNCCCCCCCC.O=[N+]([O-])c1ccc(S)cc1. The second-order valence-electron chi connectivity index (χ2n) is 7.06. The molecular formula is C22H40N2O2S. The number of rotatable bonds is 15. The van der Waals surface area contributed by atoms with Gasteiger partial charge in [0, 0.05) is 17.0 Å². The number of unbranched alkanes of at least 4 members (excludes halogenated alkanes) is 10. The zero-order chi connectivity index (χ0) is 20.2. The first kappa shape index (κ1) is 25.9. The van der Waals surface area contributed by atoms with Gasteiger partial charge < -0.3 is 5.32 Å². The van der Waals surface area contributed by atoms with Gasteiger partial charge in [-0.3, -0.25) is 10.1 Å². The van der Waals surface area contributed by atoms with Crippen molar-refractivity contribution in [3.8, 4) is 0 Å². The standard InChI is InChI=1S/C16H35N.C6H5NO2S/c1-3-5-7-9-11-13-15-17-16-14-12-10-8-6-4-2;8-7(9)5-1-3-6(10)4-2-5/h17H,3-16H2,1-2H3;1-4,10H. The van der Waals surface area contributed by atoms with Crippen molar-refractivity contribution in [1.29, 1.82) is 0 Å². The quantitative estimate of drug-likeness (QED) is 0.143. The number of nitro groups is 1. The van der Waals surface area contributed by atoms with Crippen LogP contribution in [0.4, 0.5) is 5.69 Å². The Morgan fingerprint density at radius 3 is 1.59 bits per heavy atom. The largest absolute Gasteiger partial charge is 0.317 e. The van der Waals surface area contributed by atoms with E-state index in [9.17, 15) is 10.1 Å². The minimum atomic E-state index is -0.437. The maximum atomic E-state index is 10.1. The summed E-state index contributed by atoms with van der Waals surface area (Å²) in [5.41, 5.74) is 0.0952. The van der Waals surface area contributed by atoms with Crippen LogP contribution in [0.15, 0.2) is 29.2 Å². The summed E-state index contributed by atoms with van der Waals surface area (Å²) in [5.74, 6) is 0. The maximum absolute atomic E-state index is 10.1. The van der Waals surface area contributed by atoms with Gasteiger partial charge in [-0.15, -0.1) is 12.6 Å². The molecule has 156 valence electrons. The van der Waals surface area contributed by atoms with Gasteiger partial charge in [-0.25, -0.2) is 0 Å². The van der Waals surface area contributed by atoms with E-state index in [1.165, 1.54) is 102 Å². The molecule has 1 aromatic rings. The number of benzene rings is 1. The van der Waals surface area contributed by atoms with E-state index in [1.54, 1.807) is 12.1 Å². The van der Waals surface area contributed by atoms with E-state index in [2.05, 4.69) is 31.8 Å². The van der Waals surface area contributed by atoms with Gasteiger partial charge in [0.25, 0.3) is 5.69 Å². The molecule has 0 saturated heterocycles. The van der Waals surface area contributed by atoms with Crippen molar-refractivity contribution < 1.29 is 4.92 Å². The summed E-state index contributed by atoms with van der Waals surface area (Å²) in [6, 6.07) is 6.01. The van der Waals surface area contributed by atoms with Crippen molar-refractivity contribution in [1.82, 2.24) is 5.32 Å². The number of nitrogens with one attached hydrogen (secondary N) is 1. The molecule has 0 fully saturated rings. The molecular weight excluding hydrogens is 356 g/mol. The van der Waals surface area contributed by atoms with Crippen molar-refractivity contribution in [2.24, 2.45) is 0 Å². The van der Waals surface area contributed by atoms with Crippen LogP contribution in [0.5, 0.6) is 0 Å². The fourth-order valence-corrected chi connectivity index (χ4v) is 2.91. The number of hydrogen-bond donors (Lipinski definition) is 2. The molecule has 1 aromatic carbocycles. The Hall–Kier alpha value is -1.07. The first-order valence-corrected chi connectivity index (χ1v) is 11.2. The predicted molar refractivity (Wildman–Crippen MR) is 120 cm³/mol. The zero-order valence-corrected chi connectivity index (χ0v) is 18.3. The molecule has 0 aliphatic heterocycles. The van der Waals surface area contributed by atoms with E-state index in [1.807, 2.05) is 0 Å². The lowest BCUT2D eigenvalue weighted by Crippen LogP contribution is -2.16. The lowest BCUT2D eigenvalue weighted by atomic mass is 10.1. The Balaban J connectivity index is 0.000000569. The van der Waals surface area contributed by atoms with E-state index in [4.69, 9.17) is 0 Å². The highest BCUT2D eigenvalue weighted by atomic mass is 32.1. The van der Waals surface area contributed by atoms with E-state index < -0.39 is 4.92 Å². The fourth-order valence-electron chi connectivity index (χ4n) is 2.76. The average Bonchev–Trinajstić information content (AvgIpc) is 2.66. The smallest absolute Gasteiger partial charge is 0.269 e. The highest BCUT2D eigenvalue weighted by Gasteiger charge is 2.01. The molecule has 0 atom stereocenters. The molecule has 0 unspecified atom stereocenters. The first-order chi connectivity index (χ1) is 13.1. The molecule has 5 heteroatoms. The summed E-state index contributed by atoms with van der Waals surface area (Å²) in [5, 5.41) is 13.7. The predicted octanol–water partition coefficient (Wildman–Crippen LogP) is 7.18. The molecule has 0 aliphatic carbocycles. The van der Waals surface area contributed by atoms with Gasteiger partial charge in [-0.05, 0) is 38.1 Å². The second kappa shape index (κ2) is 19.7. The summed E-state index contributed by atoms with van der Waals surface area (Å²) in [6.45, 7) is 7.03. The van der Waals surface area contributed by atoms with Crippen LogP contribution in [0.3, 0.4) is 0 Å². The van der Waals surface area contributed by atoms with Crippen LogP contribution >= 0.6 is 12.6 Å². The Labute approximate surface area is 172 Å². The molecule has 0 heterocycles. The van der Waals surface area contributed by atoms with E-state index in [-0.39, 0.29) is 5.69 Å². The molecule has 0 spiro atoms. The third-order valence-electron chi connectivity index (χ3n) is 4.47. The van der Waals surface area contributed by atoms with Gasteiger partial charge in [-0.2, -0.15) is 0 Å². The van der Waals surface area contributed by atoms with Crippen molar-refractivity contribution in [3.63, 3.8) is 0 Å². The highest BCUT2D eigenvalue weighted by molar-refractivity contribution is 7.80. The molecule has 1 rings (SSSR count). The lowest BCUT2D eigenvalue weighted by Gasteiger charge is -2.04. The molecule has 0 saturated carbocycles. The Kier molecular flexibility index (Phi) is 18.9. The summed E-state index contributed by atoms with van der Waals surface area (Å²) in [4.78, 5) is 10.4. The van der Waals surface area contributed by atoms with Crippen LogP contribution in [0, 0.1) is 10.1 Å². The molecule has 27 heavy (non-hydrogen) atoms. The summed E-state index contributed by atoms with van der Waals surface area (Å²) >= 11 is 3.98. The molecule has 0 amide bonds. The number of non-ortho nitro benzene ring substituents is 1. The molecule has 0 bridgehead atoms. The Morgan fingerprint density at radius 2 is 1.19 bits per heavy atom. The monoisotopic (exact) mass is 396 g/mol. The number of nitrogens with zero attached hydrogens (tertiary/aromatic N) is 1. The Bertz CT molecular complexity index is 438. The Morgan fingerprint density at radius 1 is 0.778 bits per heavy atom. The van der Waals surface area contributed by atoms with E-state index in [0.717, 1.165) is 4.90 Å². The third-order valence-corrected chi connectivity index (χ3v) is 4.77. The molecule has 0 aliphatic rings. The van der Waals surface area contributed by atoms with Crippen LogP contribution in [0.25, 0.3) is 0 Å². The minimum absolute atomic E-state index is 0.0952. The van der Waals surface area contributed by atoms with Crippen LogP contribution < -0.4 is 5.32 Å². The normalized spacial score (nSPS) is 10.3. The lowest BCUT2D eigenvalue weighted by molar-refractivity contribution is -0.384. The fraction of sp³-hybridized carbons (Fsp3) is 0.727. The van der Waals surface area contributed by atoms with E-state index in [0.29, 0.717) is 0 Å². The van der Waals surface area contributed by atoms with Crippen molar-refractivity contribution >= 4 is 18.3 Å². The van der Waals surface area contributed by atoms with Gasteiger partial charge >= 0.3 is 0 Å². The molecule has 1 N–H and O–H groups in total. The van der Waals surface area contributed by atoms with Crippen LogP contribution in [-0.4, -0.2) is 18.0 Å². The van der Waals surface area contributed by atoms with Crippen LogP contribution in [0.2, 0.25) is 0 Å². The summed E-state index contributed by atoms with van der Waals surface area (Å²) in [6.07, 6.45) is 16.9. The molecule has 4 nitrogen and oxygen atoms in total. The minimum Gasteiger partial charge on any atom is -0.317 e. The summed E-state index contributed by atoms with van der Waals surface area (Å²) in [7, 11) is 0. The van der Waals surface area contributed by atoms with Gasteiger partial charge in [0.1, 0.15) is 0 Å². The van der Waals surface area contributed by atoms with Crippen molar-refractivity contribution in [2.75, 3.05) is 13.1 Å². The van der Waals surface area contributed by atoms with Crippen molar-refractivity contribution in [2.45, 2.75) is 95.8 Å². The molecule has 0 aromatic heterocycles. The second-order valence-corrected chi connectivity index (χ2v) is 7.58. The molecule has 0 radical (unpaired) electrons. The average molecular weight is 397 g/mol. The van der Waals surface area contributed by atoms with E-state index >= 15 is 0 Å². The van der Waals surface area contributed by atoms with Gasteiger partial charge in [0.2, 0.25) is 0 Å². The van der Waals surface area contributed by atoms with Crippen LogP contribution in [-0.2, 0) is 0 Å². The van der Waals surface area contributed by atoms with Crippen molar-refractivity contribution in [3.05, 3.63) is 34.4 Å². The first-order valence-electron chi connectivity index (χ1n) is 10.8. The number of hydrogen-bond acceptors (Lipinski definition) is 4. The summed E-state index contributed by atoms with van der Waals surface area (Å²) < 4.78 is 0. The van der Waals surface area contributed by atoms with Gasteiger partial charge in [0.05, 0.1) is 4.92 Å². The number of nitro benzene ring substituents is 1.